The number of nitrogens with zero attached hydrogens (tertiary/aromatic N) is 1. The van der Waals surface area contributed by atoms with Gasteiger partial charge in [-0.1, -0.05) is 12.1 Å². The Bertz CT molecular complexity index is 1630. The molecular formula is C26H25F8NO7S2. The molecule has 0 radical (unpaired) electrons. The number of alkyl halides is 7. The molecule has 2 aromatic rings. The van der Waals surface area contributed by atoms with Crippen LogP contribution in [-0.2, 0) is 30.1 Å². The minimum Gasteiger partial charge on any atom is -0.492 e. The van der Waals surface area contributed by atoms with Crippen LogP contribution in [0, 0.1) is 5.82 Å². The fourth-order valence-corrected chi connectivity index (χ4v) is 10.2. The van der Waals surface area contributed by atoms with E-state index >= 15 is 0 Å². The summed E-state index contributed by atoms with van der Waals surface area (Å²) in [5.41, 5.74) is -10.2. The second-order valence-corrected chi connectivity index (χ2v) is 15.7. The first-order valence-corrected chi connectivity index (χ1v) is 16.4. The normalized spacial score (nSPS) is 26.4. The van der Waals surface area contributed by atoms with E-state index in [9.17, 15) is 62.2 Å². The summed E-state index contributed by atoms with van der Waals surface area (Å²) in [6.45, 7) is -1.08. The van der Waals surface area contributed by atoms with E-state index in [2.05, 4.69) is 0 Å². The second-order valence-electron chi connectivity index (χ2n) is 11.2. The molecule has 8 nitrogen and oxygen atoms in total. The van der Waals surface area contributed by atoms with Crippen LogP contribution < -0.4 is 4.74 Å². The highest BCUT2D eigenvalue weighted by Crippen LogP contribution is 2.57. The third-order valence-electron chi connectivity index (χ3n) is 8.78. The van der Waals surface area contributed by atoms with Crippen LogP contribution in [0.5, 0.6) is 5.75 Å². The first kappa shape index (κ1) is 32.8. The number of aliphatic hydroxyl groups excluding tert-OH is 1. The van der Waals surface area contributed by atoms with Gasteiger partial charge in [-0.3, -0.25) is 4.90 Å². The Labute approximate surface area is 246 Å². The van der Waals surface area contributed by atoms with Crippen molar-refractivity contribution in [2.75, 3.05) is 24.7 Å². The van der Waals surface area contributed by atoms with Gasteiger partial charge in [0.2, 0.25) is 0 Å². The molecule has 2 fully saturated rings. The van der Waals surface area contributed by atoms with Crippen molar-refractivity contribution in [1.29, 1.82) is 0 Å². The lowest BCUT2D eigenvalue weighted by Crippen LogP contribution is -2.62. The van der Waals surface area contributed by atoms with E-state index in [1.54, 1.807) is 0 Å². The van der Waals surface area contributed by atoms with Crippen molar-refractivity contribution in [2.24, 2.45) is 0 Å². The monoisotopic (exact) mass is 679 g/mol. The van der Waals surface area contributed by atoms with Crippen LogP contribution in [0.3, 0.4) is 0 Å². The van der Waals surface area contributed by atoms with Gasteiger partial charge < -0.3 is 14.9 Å². The van der Waals surface area contributed by atoms with E-state index in [4.69, 9.17) is 4.74 Å². The highest BCUT2D eigenvalue weighted by Gasteiger charge is 2.74. The van der Waals surface area contributed by atoms with Crippen LogP contribution in [0.4, 0.5) is 35.1 Å². The molecule has 2 aromatic carbocycles. The minimum absolute atomic E-state index is 0.132. The van der Waals surface area contributed by atoms with Gasteiger partial charge in [0.1, 0.15) is 34.7 Å². The van der Waals surface area contributed by atoms with E-state index in [1.807, 2.05) is 0 Å². The highest BCUT2D eigenvalue weighted by atomic mass is 32.2. The largest absolute Gasteiger partial charge is 0.492 e. The summed E-state index contributed by atoms with van der Waals surface area (Å²) in [5, 5.41) is 22.5. The predicted molar refractivity (Wildman–Crippen MR) is 136 cm³/mol. The molecule has 0 bridgehead atoms. The first-order chi connectivity index (χ1) is 20.1. The summed E-state index contributed by atoms with van der Waals surface area (Å²) in [7, 11) is -8.26. The fraction of sp³-hybridized carbons (Fsp3) is 0.538. The van der Waals surface area contributed by atoms with Gasteiger partial charge in [0.15, 0.2) is 19.7 Å². The van der Waals surface area contributed by atoms with Gasteiger partial charge in [-0.25, -0.2) is 25.6 Å². The molecule has 2 saturated heterocycles. The first-order valence-electron chi connectivity index (χ1n) is 13.1. The maximum absolute atomic E-state index is 14.9. The van der Waals surface area contributed by atoms with Crippen LogP contribution in [0.1, 0.15) is 30.4 Å². The summed E-state index contributed by atoms with van der Waals surface area (Å²) < 4.78 is 165. The third-order valence-corrected chi connectivity index (χ3v) is 13.0. The molecule has 0 saturated carbocycles. The number of likely N-dealkylation sites (tertiary alicyclic amines) is 1. The van der Waals surface area contributed by atoms with Gasteiger partial charge in [0.25, 0.3) is 0 Å². The Balaban J connectivity index is 1.67. The molecule has 3 unspecified atom stereocenters. The molecule has 3 aliphatic rings. The quantitative estimate of drug-likeness (QED) is 0.364. The number of fused-ring (bicyclic) bond motifs is 3. The van der Waals surface area contributed by atoms with E-state index in [-0.39, 0.29) is 18.7 Å². The topological polar surface area (TPSA) is 121 Å². The number of hydrogen-bond donors (Lipinski definition) is 2. The number of rotatable bonds is 5. The van der Waals surface area contributed by atoms with Gasteiger partial charge >= 0.3 is 18.0 Å². The smallest absolute Gasteiger partial charge is 0.435 e. The Morgan fingerprint density at radius 1 is 0.932 bits per heavy atom. The van der Waals surface area contributed by atoms with Gasteiger partial charge in [-0.2, -0.15) is 26.3 Å². The average molecular weight is 680 g/mol. The van der Waals surface area contributed by atoms with E-state index in [0.29, 0.717) is 6.07 Å². The zero-order chi connectivity index (χ0) is 32.7. The second kappa shape index (κ2) is 10.2. The molecule has 0 aliphatic carbocycles. The molecule has 3 atom stereocenters. The molecule has 0 aromatic heterocycles. The van der Waals surface area contributed by atoms with Gasteiger partial charge in [0.05, 0.1) is 22.4 Å². The summed E-state index contributed by atoms with van der Waals surface area (Å²) >= 11 is 0. The maximum atomic E-state index is 14.9. The van der Waals surface area contributed by atoms with E-state index < -0.39 is 125 Å². The third kappa shape index (κ3) is 4.78. The lowest BCUT2D eigenvalue weighted by atomic mass is 9.84. The SMILES string of the molecule is O=S1(=O)CCC(O)(C(O)N2CCC3(S(=O)(=O)c4ccc(F)cc4)c4ccc(C(F)(C(F)(F)F)C(F)(F)F)cc4OCC23)CC1. The van der Waals surface area contributed by atoms with Crippen molar-refractivity contribution in [3.63, 3.8) is 0 Å². The summed E-state index contributed by atoms with van der Waals surface area (Å²) in [6, 6.07) is 2.88. The highest BCUT2D eigenvalue weighted by molar-refractivity contribution is 7.92. The number of ether oxygens (including phenoxy) is 1. The fourth-order valence-electron chi connectivity index (χ4n) is 6.33. The summed E-state index contributed by atoms with van der Waals surface area (Å²) in [4.78, 5) is 0.644. The Morgan fingerprint density at radius 3 is 2.05 bits per heavy atom. The standard InChI is InChI=1S/C26H25F8NO7S2/c27-16-2-4-17(5-3-16)44(40,41)23-7-10-35(21(36)22(37)8-11-43(38,39)12-9-22)20(23)14-42-19-13-15(1-6-18(19)23)24(28,25(29,30)31)26(32,33)34/h1-6,13,20-21,36-37H,7-12,14H2. The number of halogens is 8. The molecule has 244 valence electrons. The molecule has 2 N–H and O–H groups in total. The molecule has 5 rings (SSSR count). The van der Waals surface area contributed by atoms with Crippen molar-refractivity contribution >= 4 is 19.7 Å². The number of hydrogen-bond acceptors (Lipinski definition) is 8. The number of benzene rings is 2. The Morgan fingerprint density at radius 2 is 1.50 bits per heavy atom. The van der Waals surface area contributed by atoms with Crippen molar-refractivity contribution in [3.8, 4) is 5.75 Å². The molecular weight excluding hydrogens is 654 g/mol. The number of sulfone groups is 2. The number of aliphatic hydroxyl groups is 2. The van der Waals surface area contributed by atoms with Crippen molar-refractivity contribution < 1.29 is 66.9 Å². The summed E-state index contributed by atoms with van der Waals surface area (Å²) in [5.74, 6) is -2.57. The van der Waals surface area contributed by atoms with E-state index in [1.165, 1.54) is 0 Å². The maximum Gasteiger partial charge on any atom is 0.435 e. The van der Waals surface area contributed by atoms with Crippen molar-refractivity contribution in [3.05, 3.63) is 59.4 Å². The van der Waals surface area contributed by atoms with E-state index in [0.717, 1.165) is 29.2 Å². The molecule has 18 heteroatoms. The van der Waals surface area contributed by atoms with Crippen molar-refractivity contribution in [2.45, 2.75) is 64.8 Å². The van der Waals surface area contributed by atoms with Crippen LogP contribution in [0.2, 0.25) is 0 Å². The predicted octanol–water partition coefficient (Wildman–Crippen LogP) is 3.51. The van der Waals surface area contributed by atoms with Crippen LogP contribution >= 0.6 is 0 Å². The zero-order valence-corrected chi connectivity index (χ0v) is 24.0. The zero-order valence-electron chi connectivity index (χ0n) is 22.4. The van der Waals surface area contributed by atoms with Crippen LogP contribution in [0.25, 0.3) is 0 Å². The Kier molecular flexibility index (Phi) is 7.64. The Hall–Kier alpha value is -2.54. The van der Waals surface area contributed by atoms with Gasteiger partial charge in [-0.05, 0) is 49.6 Å². The lowest BCUT2D eigenvalue weighted by Gasteiger charge is -2.46. The molecule has 44 heavy (non-hydrogen) atoms. The van der Waals surface area contributed by atoms with Crippen molar-refractivity contribution in [1.82, 2.24) is 4.90 Å². The molecule has 3 heterocycles. The van der Waals surface area contributed by atoms with Gasteiger partial charge in [0, 0.05) is 17.7 Å². The average Bonchev–Trinajstić information content (AvgIpc) is 3.34. The molecule has 0 amide bonds. The van der Waals surface area contributed by atoms with Crippen LogP contribution in [-0.4, -0.2) is 86.8 Å². The molecule has 3 aliphatic heterocycles. The minimum atomic E-state index is -6.45. The summed E-state index contributed by atoms with van der Waals surface area (Å²) in [6.07, 6.45) is -16.0. The van der Waals surface area contributed by atoms with Crippen LogP contribution in [0.15, 0.2) is 47.4 Å². The van der Waals surface area contributed by atoms with Gasteiger partial charge in [-0.15, -0.1) is 0 Å². The lowest BCUT2D eigenvalue weighted by molar-refractivity contribution is -0.348. The molecule has 0 spiro atoms.